The Kier molecular flexibility index (Phi) is 5.84. The molecule has 0 aliphatic carbocycles. The van der Waals surface area contributed by atoms with Crippen molar-refractivity contribution >= 4 is 5.91 Å². The molecular formula is C24H25N3O2. The van der Waals surface area contributed by atoms with Crippen LogP contribution in [0.1, 0.15) is 41.4 Å². The minimum absolute atomic E-state index is 0.0387. The van der Waals surface area contributed by atoms with E-state index in [-0.39, 0.29) is 11.9 Å². The van der Waals surface area contributed by atoms with Gasteiger partial charge in [0.2, 0.25) is 5.91 Å². The Balaban J connectivity index is 1.51. The molecule has 0 spiro atoms. The highest BCUT2D eigenvalue weighted by Crippen LogP contribution is 2.32. The number of para-hydroxylation sites is 1. The van der Waals surface area contributed by atoms with Gasteiger partial charge in [-0.05, 0) is 42.7 Å². The summed E-state index contributed by atoms with van der Waals surface area (Å²) < 4.78 is 5.47. The lowest BCUT2D eigenvalue weighted by Crippen LogP contribution is -2.32. The van der Waals surface area contributed by atoms with Crippen LogP contribution in [0.2, 0.25) is 0 Å². The van der Waals surface area contributed by atoms with Gasteiger partial charge in [-0.25, -0.2) is 0 Å². The Hall–Kier alpha value is -3.21. The molecule has 0 saturated carbocycles. The summed E-state index contributed by atoms with van der Waals surface area (Å²) >= 11 is 0. The highest BCUT2D eigenvalue weighted by Gasteiger charge is 2.30. The van der Waals surface area contributed by atoms with Crippen LogP contribution in [0.5, 0.6) is 5.75 Å². The lowest BCUT2D eigenvalue weighted by Gasteiger charge is -2.25. The summed E-state index contributed by atoms with van der Waals surface area (Å²) in [5.74, 6) is 1.01. The van der Waals surface area contributed by atoms with Gasteiger partial charge < -0.3 is 9.64 Å². The van der Waals surface area contributed by atoms with Crippen LogP contribution in [-0.2, 0) is 17.6 Å². The van der Waals surface area contributed by atoms with E-state index in [1.54, 1.807) is 19.5 Å². The molecule has 0 N–H and O–H groups in total. The summed E-state index contributed by atoms with van der Waals surface area (Å²) in [6, 6.07) is 18.0. The van der Waals surface area contributed by atoms with Crippen LogP contribution in [-0.4, -0.2) is 34.4 Å². The summed E-state index contributed by atoms with van der Waals surface area (Å²) in [4.78, 5) is 23.9. The lowest BCUT2D eigenvalue weighted by molar-refractivity contribution is -0.131. The van der Waals surface area contributed by atoms with Gasteiger partial charge in [0.25, 0.3) is 0 Å². The van der Waals surface area contributed by atoms with Crippen molar-refractivity contribution in [3.63, 3.8) is 0 Å². The van der Waals surface area contributed by atoms with Crippen molar-refractivity contribution in [3.8, 4) is 5.75 Å². The Morgan fingerprint density at radius 1 is 1.14 bits per heavy atom. The molecule has 1 aliphatic rings. The van der Waals surface area contributed by atoms with E-state index < -0.39 is 0 Å². The molecule has 0 unspecified atom stereocenters. The molecule has 1 saturated heterocycles. The van der Waals surface area contributed by atoms with E-state index in [1.165, 1.54) is 0 Å². The zero-order valence-corrected chi connectivity index (χ0v) is 16.6. The van der Waals surface area contributed by atoms with Gasteiger partial charge in [-0.3, -0.25) is 14.8 Å². The van der Waals surface area contributed by atoms with Crippen LogP contribution in [0.25, 0.3) is 0 Å². The molecule has 1 aromatic carbocycles. The maximum absolute atomic E-state index is 12.9. The van der Waals surface area contributed by atoms with Gasteiger partial charge in [0.1, 0.15) is 5.75 Å². The van der Waals surface area contributed by atoms with E-state index in [0.717, 1.165) is 47.7 Å². The van der Waals surface area contributed by atoms with Crippen LogP contribution in [0.15, 0.2) is 67.0 Å². The van der Waals surface area contributed by atoms with Crippen molar-refractivity contribution in [2.75, 3.05) is 13.7 Å². The standard InChI is InChI=1S/C24H25N3O2/c1-29-23-12-3-2-8-19(23)16-20-9-4-10-21(26-20)22-11-6-14-27(22)24(28)15-18-7-5-13-25-17-18/h2-5,7-10,12-13,17,22H,6,11,14-16H2,1H3/t22-/m1/s1. The molecule has 29 heavy (non-hydrogen) atoms. The Bertz CT molecular complexity index is 975. The molecule has 4 rings (SSSR count). The molecule has 1 aliphatic heterocycles. The number of aromatic nitrogens is 2. The monoisotopic (exact) mass is 387 g/mol. The average Bonchev–Trinajstić information content (AvgIpc) is 3.25. The zero-order valence-electron chi connectivity index (χ0n) is 16.6. The number of likely N-dealkylation sites (tertiary alicyclic amines) is 1. The first kappa shape index (κ1) is 19.1. The Labute approximate surface area is 171 Å². The minimum Gasteiger partial charge on any atom is -0.496 e. The molecule has 1 fully saturated rings. The van der Waals surface area contributed by atoms with E-state index in [4.69, 9.17) is 9.72 Å². The average molecular weight is 387 g/mol. The SMILES string of the molecule is COc1ccccc1Cc1cccc([C@H]2CCCN2C(=O)Cc2cccnc2)n1. The van der Waals surface area contributed by atoms with Gasteiger partial charge in [-0.2, -0.15) is 0 Å². The van der Waals surface area contributed by atoms with Gasteiger partial charge in [0.15, 0.2) is 0 Å². The number of nitrogens with zero attached hydrogens (tertiary/aromatic N) is 3. The first-order valence-electron chi connectivity index (χ1n) is 10.0. The van der Waals surface area contributed by atoms with Crippen molar-refractivity contribution in [1.29, 1.82) is 0 Å². The number of rotatable bonds is 6. The first-order valence-corrected chi connectivity index (χ1v) is 10.0. The van der Waals surface area contributed by atoms with E-state index >= 15 is 0 Å². The molecule has 2 aromatic heterocycles. The second-order valence-electron chi connectivity index (χ2n) is 7.33. The van der Waals surface area contributed by atoms with Crippen LogP contribution in [0.3, 0.4) is 0 Å². The topological polar surface area (TPSA) is 55.3 Å². The van der Waals surface area contributed by atoms with Crippen molar-refractivity contribution in [2.24, 2.45) is 0 Å². The van der Waals surface area contributed by atoms with Gasteiger partial charge in [0, 0.05) is 36.6 Å². The third-order valence-corrected chi connectivity index (χ3v) is 5.39. The lowest BCUT2D eigenvalue weighted by atomic mass is 10.1. The van der Waals surface area contributed by atoms with Crippen molar-refractivity contribution in [2.45, 2.75) is 31.7 Å². The quantitative estimate of drug-likeness (QED) is 0.642. The number of pyridine rings is 2. The van der Waals surface area contributed by atoms with Crippen LogP contribution in [0, 0.1) is 0 Å². The van der Waals surface area contributed by atoms with Crippen molar-refractivity contribution in [1.82, 2.24) is 14.9 Å². The number of carbonyl (C=O) groups is 1. The fourth-order valence-corrected chi connectivity index (χ4v) is 3.98. The fraction of sp³-hybridized carbons (Fsp3) is 0.292. The normalized spacial score (nSPS) is 16.0. The van der Waals surface area contributed by atoms with Crippen molar-refractivity contribution < 1.29 is 9.53 Å². The zero-order chi connectivity index (χ0) is 20.1. The second-order valence-corrected chi connectivity index (χ2v) is 7.33. The maximum atomic E-state index is 12.9. The largest absolute Gasteiger partial charge is 0.496 e. The molecule has 0 bridgehead atoms. The first-order chi connectivity index (χ1) is 14.2. The third kappa shape index (κ3) is 4.45. The maximum Gasteiger partial charge on any atom is 0.227 e. The van der Waals surface area contributed by atoms with E-state index in [2.05, 4.69) is 11.1 Å². The predicted octanol–water partition coefficient (Wildman–Crippen LogP) is 3.98. The number of methoxy groups -OCH3 is 1. The van der Waals surface area contributed by atoms with Crippen LogP contribution in [0.4, 0.5) is 0 Å². The second kappa shape index (κ2) is 8.86. The smallest absolute Gasteiger partial charge is 0.227 e. The van der Waals surface area contributed by atoms with Crippen molar-refractivity contribution in [3.05, 3.63) is 89.5 Å². The predicted molar refractivity (Wildman–Crippen MR) is 112 cm³/mol. The molecule has 3 aromatic rings. The fourth-order valence-electron chi connectivity index (χ4n) is 3.98. The van der Waals surface area contributed by atoms with Gasteiger partial charge in [0.05, 0.1) is 25.3 Å². The summed E-state index contributed by atoms with van der Waals surface area (Å²) in [5.41, 5.74) is 4.00. The molecule has 148 valence electrons. The number of ether oxygens (including phenoxy) is 1. The molecule has 0 radical (unpaired) electrons. The van der Waals surface area contributed by atoms with E-state index in [1.807, 2.05) is 53.4 Å². The highest BCUT2D eigenvalue weighted by molar-refractivity contribution is 5.79. The van der Waals surface area contributed by atoms with E-state index in [0.29, 0.717) is 12.8 Å². The molecule has 1 atom stereocenters. The Morgan fingerprint density at radius 3 is 2.86 bits per heavy atom. The molecule has 5 nitrogen and oxygen atoms in total. The number of carbonyl (C=O) groups excluding carboxylic acids is 1. The minimum atomic E-state index is 0.0387. The summed E-state index contributed by atoms with van der Waals surface area (Å²) in [6.45, 7) is 0.780. The number of hydrogen-bond acceptors (Lipinski definition) is 4. The molecule has 1 amide bonds. The van der Waals surface area contributed by atoms with Crippen LogP contribution < -0.4 is 4.74 Å². The summed E-state index contributed by atoms with van der Waals surface area (Å²) in [5, 5.41) is 0. The van der Waals surface area contributed by atoms with Gasteiger partial charge in [-0.15, -0.1) is 0 Å². The summed E-state index contributed by atoms with van der Waals surface area (Å²) in [6.07, 6.45) is 6.52. The van der Waals surface area contributed by atoms with Crippen LogP contribution >= 0.6 is 0 Å². The van der Waals surface area contributed by atoms with Gasteiger partial charge >= 0.3 is 0 Å². The summed E-state index contributed by atoms with van der Waals surface area (Å²) in [7, 11) is 1.69. The van der Waals surface area contributed by atoms with Gasteiger partial charge in [-0.1, -0.05) is 30.3 Å². The third-order valence-electron chi connectivity index (χ3n) is 5.39. The number of amides is 1. The number of hydrogen-bond donors (Lipinski definition) is 0. The Morgan fingerprint density at radius 2 is 2.03 bits per heavy atom. The molecule has 3 heterocycles. The highest BCUT2D eigenvalue weighted by atomic mass is 16.5. The number of benzene rings is 1. The molecular weight excluding hydrogens is 362 g/mol. The molecule has 5 heteroatoms. The van der Waals surface area contributed by atoms with E-state index in [9.17, 15) is 4.79 Å².